The SMILES string of the molecule is CC(C)(N)c1cc(F)ccc1O. The second-order valence-electron chi connectivity index (χ2n) is 3.38. The van der Waals surface area contributed by atoms with E-state index in [4.69, 9.17) is 5.73 Å². The summed E-state index contributed by atoms with van der Waals surface area (Å²) in [4.78, 5) is 0. The predicted molar refractivity (Wildman–Crippen MR) is 45.3 cm³/mol. The van der Waals surface area contributed by atoms with E-state index < -0.39 is 5.54 Å². The van der Waals surface area contributed by atoms with Crippen molar-refractivity contribution < 1.29 is 9.50 Å². The fourth-order valence-electron chi connectivity index (χ4n) is 1.02. The first-order valence-electron chi connectivity index (χ1n) is 3.69. The minimum Gasteiger partial charge on any atom is -0.508 e. The molecule has 2 nitrogen and oxygen atoms in total. The number of phenolic OH excluding ortho intramolecular Hbond substituents is 1. The first-order valence-corrected chi connectivity index (χ1v) is 3.69. The van der Waals surface area contributed by atoms with Gasteiger partial charge in [0.05, 0.1) is 0 Å². The molecule has 0 saturated carbocycles. The molecule has 0 aliphatic rings. The third kappa shape index (κ3) is 1.74. The van der Waals surface area contributed by atoms with Crippen molar-refractivity contribution in [2.45, 2.75) is 19.4 Å². The van der Waals surface area contributed by atoms with E-state index in [0.717, 1.165) is 0 Å². The molecule has 1 aromatic rings. The highest BCUT2D eigenvalue weighted by atomic mass is 19.1. The Balaban J connectivity index is 3.23. The van der Waals surface area contributed by atoms with Gasteiger partial charge < -0.3 is 10.8 Å². The Morgan fingerprint density at radius 2 is 2.00 bits per heavy atom. The Morgan fingerprint density at radius 1 is 1.42 bits per heavy atom. The highest BCUT2D eigenvalue weighted by Crippen LogP contribution is 2.26. The zero-order chi connectivity index (χ0) is 9.35. The lowest BCUT2D eigenvalue weighted by molar-refractivity contribution is 0.436. The van der Waals surface area contributed by atoms with Crippen molar-refractivity contribution in [2.24, 2.45) is 5.73 Å². The van der Waals surface area contributed by atoms with Crippen molar-refractivity contribution in [3.63, 3.8) is 0 Å². The van der Waals surface area contributed by atoms with Gasteiger partial charge >= 0.3 is 0 Å². The zero-order valence-corrected chi connectivity index (χ0v) is 7.13. The van der Waals surface area contributed by atoms with Crippen molar-refractivity contribution in [3.05, 3.63) is 29.6 Å². The lowest BCUT2D eigenvalue weighted by atomic mass is 9.95. The summed E-state index contributed by atoms with van der Waals surface area (Å²) < 4.78 is 12.7. The Bertz CT molecular complexity index is 291. The molecule has 1 rings (SSSR count). The molecule has 0 aromatic heterocycles. The minimum absolute atomic E-state index is 0.0314. The van der Waals surface area contributed by atoms with Gasteiger partial charge in [-0.05, 0) is 32.0 Å². The number of hydrogen-bond acceptors (Lipinski definition) is 2. The number of rotatable bonds is 1. The van der Waals surface area contributed by atoms with Crippen LogP contribution in [0.15, 0.2) is 18.2 Å². The van der Waals surface area contributed by atoms with Gasteiger partial charge in [-0.25, -0.2) is 4.39 Å². The average molecular weight is 169 g/mol. The first-order chi connectivity index (χ1) is 5.41. The Hall–Kier alpha value is -1.09. The Morgan fingerprint density at radius 3 is 2.42 bits per heavy atom. The number of benzene rings is 1. The zero-order valence-electron chi connectivity index (χ0n) is 7.13. The molecule has 0 fully saturated rings. The second-order valence-corrected chi connectivity index (χ2v) is 3.38. The van der Waals surface area contributed by atoms with Crippen molar-refractivity contribution in [1.82, 2.24) is 0 Å². The molecule has 1 aromatic carbocycles. The maximum Gasteiger partial charge on any atom is 0.123 e. The highest BCUT2D eigenvalue weighted by Gasteiger charge is 2.18. The molecule has 0 atom stereocenters. The number of hydrogen-bond donors (Lipinski definition) is 2. The number of phenols is 1. The molecule has 12 heavy (non-hydrogen) atoms. The van der Waals surface area contributed by atoms with Gasteiger partial charge in [0, 0.05) is 11.1 Å². The average Bonchev–Trinajstić information content (AvgIpc) is 1.92. The molecule has 0 radical (unpaired) electrons. The number of halogens is 1. The summed E-state index contributed by atoms with van der Waals surface area (Å²) in [6.07, 6.45) is 0. The summed E-state index contributed by atoms with van der Waals surface area (Å²) in [7, 11) is 0. The number of nitrogens with two attached hydrogens (primary N) is 1. The van der Waals surface area contributed by atoms with E-state index >= 15 is 0 Å². The van der Waals surface area contributed by atoms with E-state index in [1.807, 2.05) is 0 Å². The van der Waals surface area contributed by atoms with Crippen LogP contribution in [0.1, 0.15) is 19.4 Å². The fraction of sp³-hybridized carbons (Fsp3) is 0.333. The van der Waals surface area contributed by atoms with Crippen molar-refractivity contribution in [1.29, 1.82) is 0 Å². The summed E-state index contributed by atoms with van der Waals surface area (Å²) in [5, 5.41) is 9.32. The van der Waals surface area contributed by atoms with E-state index in [0.29, 0.717) is 5.56 Å². The maximum absolute atomic E-state index is 12.7. The van der Waals surface area contributed by atoms with Crippen LogP contribution in [0.25, 0.3) is 0 Å². The monoisotopic (exact) mass is 169 g/mol. The normalized spacial score (nSPS) is 11.7. The van der Waals surface area contributed by atoms with Crippen LogP contribution in [-0.4, -0.2) is 5.11 Å². The van der Waals surface area contributed by atoms with Gasteiger partial charge in [0.25, 0.3) is 0 Å². The van der Waals surface area contributed by atoms with Gasteiger partial charge in [-0.2, -0.15) is 0 Å². The summed E-state index contributed by atoms with van der Waals surface area (Å²) in [6.45, 7) is 3.42. The standard InChI is InChI=1S/C9H12FNO/c1-9(2,11)7-5-6(10)3-4-8(7)12/h3-5,12H,11H2,1-2H3. The summed E-state index contributed by atoms with van der Waals surface area (Å²) >= 11 is 0. The molecule has 3 N–H and O–H groups in total. The molecule has 0 bridgehead atoms. The van der Waals surface area contributed by atoms with Crippen LogP contribution in [0.3, 0.4) is 0 Å². The quantitative estimate of drug-likeness (QED) is 0.672. The molecule has 3 heteroatoms. The molecule has 0 amide bonds. The molecule has 0 heterocycles. The molecular formula is C9H12FNO. The molecule has 0 unspecified atom stereocenters. The van der Waals surface area contributed by atoms with Gasteiger partial charge in [0.15, 0.2) is 0 Å². The van der Waals surface area contributed by atoms with Crippen LogP contribution >= 0.6 is 0 Å². The smallest absolute Gasteiger partial charge is 0.123 e. The van der Waals surface area contributed by atoms with E-state index in [-0.39, 0.29) is 11.6 Å². The maximum atomic E-state index is 12.7. The summed E-state index contributed by atoms with van der Waals surface area (Å²) in [6, 6.07) is 3.75. The third-order valence-electron chi connectivity index (χ3n) is 1.65. The minimum atomic E-state index is -0.716. The highest BCUT2D eigenvalue weighted by molar-refractivity contribution is 5.37. The Kier molecular flexibility index (Phi) is 2.06. The van der Waals surface area contributed by atoms with Crippen LogP contribution in [0.2, 0.25) is 0 Å². The van der Waals surface area contributed by atoms with E-state index in [9.17, 15) is 9.50 Å². The van der Waals surface area contributed by atoms with Crippen LogP contribution in [0, 0.1) is 5.82 Å². The van der Waals surface area contributed by atoms with Gasteiger partial charge in [-0.1, -0.05) is 0 Å². The van der Waals surface area contributed by atoms with Crippen molar-refractivity contribution in [2.75, 3.05) is 0 Å². The molecule has 66 valence electrons. The molecule has 0 aliphatic heterocycles. The molecule has 0 saturated heterocycles. The predicted octanol–water partition coefficient (Wildman–Crippen LogP) is 1.73. The third-order valence-corrected chi connectivity index (χ3v) is 1.65. The van der Waals surface area contributed by atoms with Crippen LogP contribution in [0.4, 0.5) is 4.39 Å². The van der Waals surface area contributed by atoms with Gasteiger partial charge in [-0.3, -0.25) is 0 Å². The fourth-order valence-corrected chi connectivity index (χ4v) is 1.02. The van der Waals surface area contributed by atoms with Gasteiger partial charge in [0.2, 0.25) is 0 Å². The Labute approximate surface area is 70.8 Å². The van der Waals surface area contributed by atoms with Crippen LogP contribution in [-0.2, 0) is 5.54 Å². The van der Waals surface area contributed by atoms with E-state index in [1.165, 1.54) is 18.2 Å². The van der Waals surface area contributed by atoms with Crippen molar-refractivity contribution in [3.8, 4) is 5.75 Å². The number of aromatic hydroxyl groups is 1. The first kappa shape index (κ1) is 9.00. The van der Waals surface area contributed by atoms with Gasteiger partial charge in [-0.15, -0.1) is 0 Å². The molecule has 0 spiro atoms. The largest absolute Gasteiger partial charge is 0.508 e. The van der Waals surface area contributed by atoms with Crippen LogP contribution < -0.4 is 5.73 Å². The van der Waals surface area contributed by atoms with E-state index in [1.54, 1.807) is 13.8 Å². The van der Waals surface area contributed by atoms with Crippen LogP contribution in [0.5, 0.6) is 5.75 Å². The topological polar surface area (TPSA) is 46.2 Å². The lowest BCUT2D eigenvalue weighted by Gasteiger charge is -2.20. The summed E-state index contributed by atoms with van der Waals surface area (Å²) in [5.41, 5.74) is 5.40. The molecule has 0 aliphatic carbocycles. The second kappa shape index (κ2) is 2.75. The van der Waals surface area contributed by atoms with Gasteiger partial charge in [0.1, 0.15) is 11.6 Å². The van der Waals surface area contributed by atoms with E-state index in [2.05, 4.69) is 0 Å². The molecular weight excluding hydrogens is 157 g/mol. The lowest BCUT2D eigenvalue weighted by Crippen LogP contribution is -2.28. The summed E-state index contributed by atoms with van der Waals surface area (Å²) in [5.74, 6) is -0.356. The van der Waals surface area contributed by atoms with Crippen molar-refractivity contribution >= 4 is 0 Å².